The molecule has 1 aromatic rings. The molecule has 1 aromatic carbocycles. The summed E-state index contributed by atoms with van der Waals surface area (Å²) in [6, 6.07) is 6.18. The van der Waals surface area contributed by atoms with E-state index < -0.39 is 5.82 Å². The standard InChI is InChI=1S/C12H10BrFN2O/c13-5-8-4-11(17)16(7-8)12-9(6-15)2-1-3-10(12)14/h1-3,8H,4-5,7H2. The first-order chi connectivity index (χ1) is 8.17. The van der Waals surface area contributed by atoms with Crippen molar-refractivity contribution in [2.75, 3.05) is 16.8 Å². The molecule has 0 aliphatic carbocycles. The van der Waals surface area contributed by atoms with Gasteiger partial charge < -0.3 is 4.90 Å². The Morgan fingerprint density at radius 2 is 2.35 bits per heavy atom. The van der Waals surface area contributed by atoms with E-state index in [-0.39, 0.29) is 23.1 Å². The third-order valence-corrected chi connectivity index (χ3v) is 3.72. The Hall–Kier alpha value is -1.41. The van der Waals surface area contributed by atoms with Crippen LogP contribution in [-0.2, 0) is 4.79 Å². The number of alkyl halides is 1. The van der Waals surface area contributed by atoms with Crippen molar-refractivity contribution in [2.24, 2.45) is 5.92 Å². The maximum atomic E-state index is 13.7. The van der Waals surface area contributed by atoms with Crippen molar-refractivity contribution in [3.63, 3.8) is 0 Å². The molecule has 1 unspecified atom stereocenters. The van der Waals surface area contributed by atoms with Gasteiger partial charge in [0.2, 0.25) is 5.91 Å². The molecule has 1 aliphatic heterocycles. The van der Waals surface area contributed by atoms with Crippen molar-refractivity contribution in [3.8, 4) is 6.07 Å². The fraction of sp³-hybridized carbons (Fsp3) is 0.333. The molecule has 1 atom stereocenters. The van der Waals surface area contributed by atoms with Gasteiger partial charge in [-0.15, -0.1) is 0 Å². The number of rotatable bonds is 2. The minimum absolute atomic E-state index is 0.114. The Bertz CT molecular complexity index is 498. The van der Waals surface area contributed by atoms with Crippen molar-refractivity contribution in [3.05, 3.63) is 29.6 Å². The predicted octanol–water partition coefficient (Wildman–Crippen LogP) is 2.45. The number of hydrogen-bond acceptors (Lipinski definition) is 2. The van der Waals surface area contributed by atoms with Gasteiger partial charge in [-0.3, -0.25) is 4.79 Å². The van der Waals surface area contributed by atoms with E-state index in [0.29, 0.717) is 18.3 Å². The number of anilines is 1. The number of nitriles is 1. The van der Waals surface area contributed by atoms with Crippen molar-refractivity contribution in [2.45, 2.75) is 6.42 Å². The molecule has 1 fully saturated rings. The molecule has 0 spiro atoms. The van der Waals surface area contributed by atoms with Gasteiger partial charge in [0.1, 0.15) is 11.9 Å². The first-order valence-corrected chi connectivity index (χ1v) is 6.34. The lowest BCUT2D eigenvalue weighted by Gasteiger charge is -2.18. The highest BCUT2D eigenvalue weighted by Gasteiger charge is 2.32. The van der Waals surface area contributed by atoms with E-state index >= 15 is 0 Å². The van der Waals surface area contributed by atoms with Crippen LogP contribution in [0.4, 0.5) is 10.1 Å². The van der Waals surface area contributed by atoms with E-state index in [0.717, 1.165) is 0 Å². The molecule has 1 aliphatic rings. The zero-order valence-corrected chi connectivity index (χ0v) is 10.6. The van der Waals surface area contributed by atoms with E-state index in [1.807, 2.05) is 6.07 Å². The van der Waals surface area contributed by atoms with Gasteiger partial charge in [0.15, 0.2) is 0 Å². The summed E-state index contributed by atoms with van der Waals surface area (Å²) in [7, 11) is 0. The molecule has 88 valence electrons. The Balaban J connectivity index is 2.42. The van der Waals surface area contributed by atoms with E-state index in [2.05, 4.69) is 15.9 Å². The number of amides is 1. The second kappa shape index (κ2) is 4.84. The molecule has 1 heterocycles. The van der Waals surface area contributed by atoms with Gasteiger partial charge >= 0.3 is 0 Å². The largest absolute Gasteiger partial charge is 0.308 e. The highest BCUT2D eigenvalue weighted by molar-refractivity contribution is 9.09. The average molecular weight is 297 g/mol. The Kier molecular flexibility index (Phi) is 3.43. The second-order valence-corrected chi connectivity index (χ2v) is 4.62. The summed E-state index contributed by atoms with van der Waals surface area (Å²) in [5, 5.41) is 9.65. The quantitative estimate of drug-likeness (QED) is 0.787. The lowest BCUT2D eigenvalue weighted by atomic mass is 10.1. The lowest BCUT2D eigenvalue weighted by Crippen LogP contribution is -2.26. The minimum Gasteiger partial charge on any atom is -0.308 e. The van der Waals surface area contributed by atoms with Crippen LogP contribution in [0, 0.1) is 23.1 Å². The van der Waals surface area contributed by atoms with Crippen LogP contribution in [-0.4, -0.2) is 17.8 Å². The molecule has 0 saturated carbocycles. The van der Waals surface area contributed by atoms with Crippen LogP contribution in [0.5, 0.6) is 0 Å². The Morgan fingerprint density at radius 1 is 1.59 bits per heavy atom. The third kappa shape index (κ3) is 2.18. The Labute approximate surface area is 107 Å². The molecule has 1 amide bonds. The lowest BCUT2D eigenvalue weighted by molar-refractivity contribution is -0.117. The maximum Gasteiger partial charge on any atom is 0.227 e. The van der Waals surface area contributed by atoms with Crippen LogP contribution in [0.3, 0.4) is 0 Å². The molecule has 0 radical (unpaired) electrons. The van der Waals surface area contributed by atoms with Crippen LogP contribution in [0.2, 0.25) is 0 Å². The summed E-state index contributed by atoms with van der Waals surface area (Å²) in [5.74, 6) is -0.475. The molecular formula is C12H10BrFN2O. The highest BCUT2D eigenvalue weighted by atomic mass is 79.9. The summed E-state index contributed by atoms with van der Waals surface area (Å²) >= 11 is 3.32. The molecule has 0 N–H and O–H groups in total. The van der Waals surface area contributed by atoms with Gasteiger partial charge in [0.05, 0.1) is 11.3 Å². The van der Waals surface area contributed by atoms with Crippen LogP contribution < -0.4 is 4.90 Å². The monoisotopic (exact) mass is 296 g/mol. The molecule has 17 heavy (non-hydrogen) atoms. The van der Waals surface area contributed by atoms with Crippen LogP contribution in [0.25, 0.3) is 0 Å². The number of hydrogen-bond donors (Lipinski definition) is 0. The van der Waals surface area contributed by atoms with Crippen molar-refractivity contribution >= 4 is 27.5 Å². The fourth-order valence-electron chi connectivity index (χ4n) is 1.98. The van der Waals surface area contributed by atoms with Crippen molar-refractivity contribution in [1.82, 2.24) is 0 Å². The first-order valence-electron chi connectivity index (χ1n) is 5.22. The first kappa shape index (κ1) is 12.1. The van der Waals surface area contributed by atoms with Gasteiger partial charge in [-0.2, -0.15) is 5.26 Å². The van der Waals surface area contributed by atoms with E-state index in [1.165, 1.54) is 23.1 Å². The van der Waals surface area contributed by atoms with Crippen LogP contribution in [0.1, 0.15) is 12.0 Å². The molecule has 1 saturated heterocycles. The number of carbonyl (C=O) groups excluding carboxylic acids is 1. The van der Waals surface area contributed by atoms with Crippen LogP contribution in [0.15, 0.2) is 18.2 Å². The Morgan fingerprint density at radius 3 is 2.94 bits per heavy atom. The van der Waals surface area contributed by atoms with Gasteiger partial charge in [-0.1, -0.05) is 22.0 Å². The molecule has 5 heteroatoms. The summed E-state index contributed by atoms with van der Waals surface area (Å²) in [6.07, 6.45) is 0.393. The smallest absolute Gasteiger partial charge is 0.227 e. The van der Waals surface area contributed by atoms with E-state index in [9.17, 15) is 9.18 Å². The van der Waals surface area contributed by atoms with Gasteiger partial charge in [-0.05, 0) is 18.1 Å². The molecule has 0 bridgehead atoms. The van der Waals surface area contributed by atoms with Gasteiger partial charge in [0.25, 0.3) is 0 Å². The fourth-order valence-corrected chi connectivity index (χ4v) is 2.41. The predicted molar refractivity (Wildman–Crippen MR) is 65.4 cm³/mol. The number of para-hydroxylation sites is 1. The normalized spacial score (nSPS) is 19.5. The number of carbonyl (C=O) groups is 1. The number of benzene rings is 1. The minimum atomic E-state index is -0.521. The second-order valence-electron chi connectivity index (χ2n) is 3.98. The summed E-state index contributed by atoms with van der Waals surface area (Å²) in [6.45, 7) is 0.458. The number of halogens is 2. The zero-order valence-electron chi connectivity index (χ0n) is 8.99. The number of nitrogens with zero attached hydrogens (tertiary/aromatic N) is 2. The molecule has 2 rings (SSSR count). The average Bonchev–Trinajstić information content (AvgIpc) is 2.70. The summed E-state index contributed by atoms with van der Waals surface area (Å²) in [4.78, 5) is 13.2. The maximum absolute atomic E-state index is 13.7. The zero-order chi connectivity index (χ0) is 12.4. The van der Waals surface area contributed by atoms with Crippen molar-refractivity contribution < 1.29 is 9.18 Å². The van der Waals surface area contributed by atoms with Gasteiger partial charge in [0, 0.05) is 18.3 Å². The van der Waals surface area contributed by atoms with Crippen molar-refractivity contribution in [1.29, 1.82) is 5.26 Å². The molecule has 0 aromatic heterocycles. The highest BCUT2D eigenvalue weighted by Crippen LogP contribution is 2.30. The SMILES string of the molecule is N#Cc1cccc(F)c1N1CC(CBr)CC1=O. The topological polar surface area (TPSA) is 44.1 Å². The molecular weight excluding hydrogens is 287 g/mol. The molecule has 3 nitrogen and oxygen atoms in total. The summed E-state index contributed by atoms with van der Waals surface area (Å²) in [5.41, 5.74) is 0.317. The van der Waals surface area contributed by atoms with E-state index in [4.69, 9.17) is 5.26 Å². The third-order valence-electron chi connectivity index (χ3n) is 2.80. The van der Waals surface area contributed by atoms with Gasteiger partial charge in [-0.25, -0.2) is 4.39 Å². The summed E-state index contributed by atoms with van der Waals surface area (Å²) < 4.78 is 13.7. The van der Waals surface area contributed by atoms with Crippen LogP contribution >= 0.6 is 15.9 Å². The van der Waals surface area contributed by atoms with E-state index in [1.54, 1.807) is 0 Å².